The van der Waals surface area contributed by atoms with Crippen LogP contribution in [0.15, 0.2) is 52.9 Å². The first-order valence-electron chi connectivity index (χ1n) is 8.20. The van der Waals surface area contributed by atoms with Crippen molar-refractivity contribution >= 4 is 17.5 Å². The molecule has 7 nitrogen and oxygen atoms in total. The van der Waals surface area contributed by atoms with Gasteiger partial charge in [0.15, 0.2) is 0 Å². The quantitative estimate of drug-likeness (QED) is 0.691. The van der Waals surface area contributed by atoms with Crippen molar-refractivity contribution in [2.45, 2.75) is 12.2 Å². The molecule has 0 unspecified atom stereocenters. The lowest BCUT2D eigenvalue weighted by atomic mass is 10.1. The molecule has 144 valence electrons. The molecule has 1 aliphatic rings. The van der Waals surface area contributed by atoms with Crippen LogP contribution in [0.3, 0.4) is 0 Å². The topological polar surface area (TPSA) is 89.3 Å². The van der Waals surface area contributed by atoms with Gasteiger partial charge in [-0.1, -0.05) is 12.1 Å². The fourth-order valence-corrected chi connectivity index (χ4v) is 2.68. The lowest BCUT2D eigenvalue weighted by molar-refractivity contribution is -0.137. The second-order valence-corrected chi connectivity index (χ2v) is 5.99. The number of aromatic nitrogens is 2. The molecular weight excluding hydrogens is 377 g/mol. The Hall–Kier alpha value is -3.56. The predicted molar refractivity (Wildman–Crippen MR) is 91.7 cm³/mol. The molecule has 0 bridgehead atoms. The summed E-state index contributed by atoms with van der Waals surface area (Å²) in [4.78, 5) is 11.1. The molecule has 0 spiro atoms. The standard InChI is InChI=1S/C18H13F3N4O3/c19-18(20,21)10-5-7-11(8-6-10)22-13-4-2-1-3-12(13)15-24-25-16(28-15)14-9-27-17(26)23-14/h1-8,14,22H,9H2,(H,23,26)/t14-/m1/s1. The van der Waals surface area contributed by atoms with Gasteiger partial charge in [0.2, 0.25) is 11.8 Å². The van der Waals surface area contributed by atoms with E-state index in [1.807, 2.05) is 0 Å². The van der Waals surface area contributed by atoms with Crippen molar-refractivity contribution in [1.29, 1.82) is 0 Å². The number of nitrogens with zero attached hydrogens (tertiary/aromatic N) is 2. The molecule has 10 heteroatoms. The summed E-state index contributed by atoms with van der Waals surface area (Å²) in [5.74, 6) is 0.399. The van der Waals surface area contributed by atoms with Gasteiger partial charge in [-0.3, -0.25) is 0 Å². The maximum Gasteiger partial charge on any atom is 0.416 e. The number of amides is 1. The van der Waals surface area contributed by atoms with Crippen molar-refractivity contribution in [2.24, 2.45) is 0 Å². The lowest BCUT2D eigenvalue weighted by Crippen LogP contribution is -2.18. The highest BCUT2D eigenvalue weighted by Crippen LogP contribution is 2.33. The first-order valence-corrected chi connectivity index (χ1v) is 8.20. The number of halogens is 3. The van der Waals surface area contributed by atoms with Crippen LogP contribution in [-0.4, -0.2) is 22.9 Å². The van der Waals surface area contributed by atoms with Crippen LogP contribution in [0.25, 0.3) is 11.5 Å². The first-order chi connectivity index (χ1) is 13.4. The summed E-state index contributed by atoms with van der Waals surface area (Å²) in [5.41, 5.74) is 0.876. The van der Waals surface area contributed by atoms with Gasteiger partial charge in [-0.2, -0.15) is 13.2 Å². The Bertz CT molecular complexity index is 1000. The van der Waals surface area contributed by atoms with E-state index in [9.17, 15) is 18.0 Å². The minimum Gasteiger partial charge on any atom is -0.447 e. The predicted octanol–water partition coefficient (Wildman–Crippen LogP) is 4.28. The molecule has 1 amide bonds. The van der Waals surface area contributed by atoms with Gasteiger partial charge in [-0.25, -0.2) is 4.79 Å². The Morgan fingerprint density at radius 3 is 2.50 bits per heavy atom. The molecule has 1 aromatic heterocycles. The van der Waals surface area contributed by atoms with E-state index >= 15 is 0 Å². The number of hydrogen-bond acceptors (Lipinski definition) is 6. The molecule has 0 radical (unpaired) electrons. The minimum absolute atomic E-state index is 0.0892. The molecule has 28 heavy (non-hydrogen) atoms. The highest BCUT2D eigenvalue weighted by Gasteiger charge is 2.30. The highest BCUT2D eigenvalue weighted by atomic mass is 19.4. The van der Waals surface area contributed by atoms with Gasteiger partial charge in [0, 0.05) is 5.69 Å². The van der Waals surface area contributed by atoms with Crippen LogP contribution in [-0.2, 0) is 10.9 Å². The van der Waals surface area contributed by atoms with Gasteiger partial charge in [-0.05, 0) is 36.4 Å². The Labute approximate surface area is 156 Å². The summed E-state index contributed by atoms with van der Waals surface area (Å²) in [6.07, 6.45) is -4.95. The van der Waals surface area contributed by atoms with Crippen molar-refractivity contribution in [3.05, 3.63) is 60.0 Å². The van der Waals surface area contributed by atoms with E-state index in [4.69, 9.17) is 9.15 Å². The number of carbonyl (C=O) groups is 1. The zero-order chi connectivity index (χ0) is 19.7. The number of alkyl carbamates (subject to hydrolysis) is 1. The number of ether oxygens (including phenoxy) is 1. The van der Waals surface area contributed by atoms with Gasteiger partial charge in [0.25, 0.3) is 0 Å². The van der Waals surface area contributed by atoms with Crippen LogP contribution in [0, 0.1) is 0 Å². The summed E-state index contributed by atoms with van der Waals surface area (Å²) in [5, 5.41) is 13.5. The summed E-state index contributed by atoms with van der Waals surface area (Å²) in [6, 6.07) is 11.1. The molecule has 2 heterocycles. The average molecular weight is 390 g/mol. The van der Waals surface area contributed by atoms with Crippen LogP contribution < -0.4 is 10.6 Å². The molecular formula is C18H13F3N4O3. The number of alkyl halides is 3. The number of nitrogens with one attached hydrogen (secondary N) is 2. The Morgan fingerprint density at radius 1 is 1.07 bits per heavy atom. The number of anilines is 2. The second kappa shape index (κ2) is 6.87. The van der Waals surface area contributed by atoms with E-state index in [2.05, 4.69) is 20.8 Å². The first kappa shape index (κ1) is 17.8. The Kier molecular flexibility index (Phi) is 4.38. The van der Waals surface area contributed by atoms with Crippen molar-refractivity contribution in [3.8, 4) is 11.5 Å². The van der Waals surface area contributed by atoms with Gasteiger partial charge in [-0.15, -0.1) is 10.2 Å². The molecule has 2 N–H and O–H groups in total. The van der Waals surface area contributed by atoms with Crippen LogP contribution in [0.1, 0.15) is 17.5 Å². The molecule has 4 rings (SSSR count). The molecule has 1 aliphatic heterocycles. The molecule has 0 aliphatic carbocycles. The zero-order valence-corrected chi connectivity index (χ0v) is 14.2. The van der Waals surface area contributed by atoms with E-state index in [-0.39, 0.29) is 18.4 Å². The summed E-state index contributed by atoms with van der Waals surface area (Å²) in [6.45, 7) is 0.0892. The van der Waals surface area contributed by atoms with Gasteiger partial charge < -0.3 is 19.8 Å². The van der Waals surface area contributed by atoms with Crippen LogP contribution in [0.5, 0.6) is 0 Å². The number of benzene rings is 2. The lowest BCUT2D eigenvalue weighted by Gasteiger charge is -2.11. The van der Waals surface area contributed by atoms with Gasteiger partial charge in [0.1, 0.15) is 12.6 Å². The Balaban J connectivity index is 1.58. The molecule has 1 atom stereocenters. The fourth-order valence-electron chi connectivity index (χ4n) is 2.68. The van der Waals surface area contributed by atoms with Gasteiger partial charge in [0.05, 0.1) is 16.8 Å². The van der Waals surface area contributed by atoms with E-state index in [0.29, 0.717) is 16.9 Å². The molecule has 1 fully saturated rings. The number of rotatable bonds is 4. The van der Waals surface area contributed by atoms with E-state index in [1.54, 1.807) is 24.3 Å². The molecule has 2 aromatic carbocycles. The third kappa shape index (κ3) is 3.61. The zero-order valence-electron chi connectivity index (χ0n) is 14.2. The number of carbonyl (C=O) groups excluding carboxylic acids is 1. The minimum atomic E-state index is -4.39. The van der Waals surface area contributed by atoms with Crippen LogP contribution in [0.4, 0.5) is 29.3 Å². The van der Waals surface area contributed by atoms with Crippen molar-refractivity contribution in [3.63, 3.8) is 0 Å². The second-order valence-electron chi connectivity index (χ2n) is 5.99. The van der Waals surface area contributed by atoms with Crippen LogP contribution in [0.2, 0.25) is 0 Å². The maximum absolute atomic E-state index is 12.7. The summed E-state index contributed by atoms with van der Waals surface area (Å²) < 4.78 is 48.5. The van der Waals surface area contributed by atoms with Crippen LogP contribution >= 0.6 is 0 Å². The molecule has 3 aromatic rings. The normalized spacial score (nSPS) is 16.5. The van der Waals surface area contributed by atoms with Crippen molar-refractivity contribution < 1.29 is 27.1 Å². The molecule has 0 saturated carbocycles. The third-order valence-electron chi connectivity index (χ3n) is 4.06. The largest absolute Gasteiger partial charge is 0.447 e. The van der Waals surface area contributed by atoms with E-state index < -0.39 is 23.9 Å². The highest BCUT2D eigenvalue weighted by molar-refractivity contribution is 5.76. The number of para-hydroxylation sites is 1. The van der Waals surface area contributed by atoms with E-state index in [1.165, 1.54) is 12.1 Å². The number of cyclic esters (lactones) is 1. The smallest absolute Gasteiger partial charge is 0.416 e. The van der Waals surface area contributed by atoms with Gasteiger partial charge >= 0.3 is 12.3 Å². The molecule has 1 saturated heterocycles. The maximum atomic E-state index is 12.7. The fraction of sp³-hybridized carbons (Fsp3) is 0.167. The van der Waals surface area contributed by atoms with Crippen molar-refractivity contribution in [2.75, 3.05) is 11.9 Å². The van der Waals surface area contributed by atoms with E-state index in [0.717, 1.165) is 12.1 Å². The third-order valence-corrected chi connectivity index (χ3v) is 4.06. The monoisotopic (exact) mass is 390 g/mol. The average Bonchev–Trinajstić information content (AvgIpc) is 3.31. The Morgan fingerprint density at radius 2 is 1.82 bits per heavy atom. The van der Waals surface area contributed by atoms with Crippen molar-refractivity contribution in [1.82, 2.24) is 15.5 Å². The summed E-state index contributed by atoms with van der Waals surface area (Å²) in [7, 11) is 0. The SMILES string of the molecule is O=C1N[C@@H](c2nnc(-c3ccccc3Nc3ccc(C(F)(F)F)cc3)o2)CO1. The summed E-state index contributed by atoms with van der Waals surface area (Å²) >= 11 is 0. The number of hydrogen-bond donors (Lipinski definition) is 2.